The summed E-state index contributed by atoms with van der Waals surface area (Å²) in [6.45, 7) is 0.438. The molecule has 0 unspecified atom stereocenters. The van der Waals surface area contributed by atoms with Gasteiger partial charge in [-0.05, 0) is 30.3 Å². The van der Waals surface area contributed by atoms with Gasteiger partial charge in [-0.3, -0.25) is 4.68 Å². The number of nitrogens with two attached hydrogens (primary N) is 1. The molecule has 3 rings (SSSR count). The van der Waals surface area contributed by atoms with Crippen molar-refractivity contribution in [1.82, 2.24) is 9.78 Å². The number of esters is 1. The molecule has 0 radical (unpaired) electrons. The zero-order valence-corrected chi connectivity index (χ0v) is 14.3. The van der Waals surface area contributed by atoms with Gasteiger partial charge in [0.05, 0.1) is 44.3 Å². The summed E-state index contributed by atoms with van der Waals surface area (Å²) in [5, 5.41) is 5.36. The molecular weight excluding hydrogens is 322 g/mol. The van der Waals surface area contributed by atoms with Crippen LogP contribution in [0.5, 0.6) is 11.6 Å². The van der Waals surface area contributed by atoms with E-state index in [2.05, 4.69) is 5.10 Å². The predicted molar refractivity (Wildman–Crippen MR) is 94.1 cm³/mol. The summed E-state index contributed by atoms with van der Waals surface area (Å²) < 4.78 is 17.3. The molecule has 0 amide bonds. The van der Waals surface area contributed by atoms with Crippen molar-refractivity contribution in [3.05, 3.63) is 47.5 Å². The first kappa shape index (κ1) is 16.6. The lowest BCUT2D eigenvalue weighted by atomic mass is 10.1. The number of nitrogens with zero attached hydrogens (tertiary/aromatic N) is 2. The fourth-order valence-electron chi connectivity index (χ4n) is 2.71. The van der Waals surface area contributed by atoms with E-state index in [0.29, 0.717) is 29.4 Å². The van der Waals surface area contributed by atoms with Crippen molar-refractivity contribution in [2.24, 2.45) is 0 Å². The van der Waals surface area contributed by atoms with Crippen LogP contribution in [-0.4, -0.2) is 37.1 Å². The second-order valence-electron chi connectivity index (χ2n) is 5.46. The van der Waals surface area contributed by atoms with Crippen LogP contribution in [0.3, 0.4) is 0 Å². The maximum atomic E-state index is 11.7. The molecule has 2 aromatic carbocycles. The van der Waals surface area contributed by atoms with Gasteiger partial charge in [0.2, 0.25) is 5.88 Å². The Balaban J connectivity index is 2.04. The molecule has 3 aromatic rings. The fraction of sp³-hybridized carbons (Fsp3) is 0.222. The maximum Gasteiger partial charge on any atom is 0.337 e. The van der Waals surface area contributed by atoms with Crippen LogP contribution in [-0.2, 0) is 11.3 Å². The van der Waals surface area contributed by atoms with E-state index in [0.717, 1.165) is 16.5 Å². The van der Waals surface area contributed by atoms with Crippen molar-refractivity contribution in [2.75, 3.05) is 27.1 Å². The van der Waals surface area contributed by atoms with E-state index in [9.17, 15) is 4.79 Å². The van der Waals surface area contributed by atoms with Crippen molar-refractivity contribution in [3.8, 4) is 11.6 Å². The zero-order valence-electron chi connectivity index (χ0n) is 14.3. The van der Waals surface area contributed by atoms with Crippen LogP contribution >= 0.6 is 0 Å². The molecule has 7 nitrogen and oxygen atoms in total. The van der Waals surface area contributed by atoms with Crippen LogP contribution in [0.4, 0.5) is 5.69 Å². The van der Waals surface area contributed by atoms with E-state index in [1.807, 2.05) is 24.3 Å². The smallest absolute Gasteiger partial charge is 0.337 e. The summed E-state index contributed by atoms with van der Waals surface area (Å²) >= 11 is 0. The first-order valence-corrected chi connectivity index (χ1v) is 7.62. The number of carbonyl (C=O) groups excluding carboxylic acids is 1. The van der Waals surface area contributed by atoms with Gasteiger partial charge in [0.1, 0.15) is 5.75 Å². The summed E-state index contributed by atoms with van der Waals surface area (Å²) in [7, 11) is 4.48. The van der Waals surface area contributed by atoms with Crippen LogP contribution < -0.4 is 15.2 Å². The number of carbonyl (C=O) groups is 1. The number of methoxy groups -OCH3 is 3. The number of anilines is 1. The largest absolute Gasteiger partial charge is 0.496 e. The van der Waals surface area contributed by atoms with Gasteiger partial charge in [0.25, 0.3) is 0 Å². The SMILES string of the molecule is COC(=O)c1ccc(Cn2nc(OC)c3ccc(N)cc32)c(OC)c1. The second kappa shape index (κ2) is 6.72. The summed E-state index contributed by atoms with van der Waals surface area (Å²) in [6.07, 6.45) is 0. The molecule has 130 valence electrons. The van der Waals surface area contributed by atoms with E-state index >= 15 is 0 Å². The zero-order chi connectivity index (χ0) is 18.0. The lowest BCUT2D eigenvalue weighted by molar-refractivity contribution is 0.0600. The minimum absolute atomic E-state index is 0.413. The Labute approximate surface area is 144 Å². The third kappa shape index (κ3) is 3.08. The molecular formula is C18H19N3O4. The first-order valence-electron chi connectivity index (χ1n) is 7.62. The molecule has 0 aliphatic heterocycles. The van der Waals surface area contributed by atoms with Crippen molar-refractivity contribution < 1.29 is 19.0 Å². The Morgan fingerprint density at radius 2 is 1.92 bits per heavy atom. The van der Waals surface area contributed by atoms with Gasteiger partial charge in [-0.2, -0.15) is 0 Å². The summed E-state index contributed by atoms with van der Waals surface area (Å²) in [5.41, 5.74) is 8.70. The minimum atomic E-state index is -0.413. The van der Waals surface area contributed by atoms with E-state index in [1.54, 1.807) is 31.0 Å². The maximum absolute atomic E-state index is 11.7. The standard InChI is InChI=1S/C18H19N3O4/c1-23-16-8-11(18(22)25-3)4-5-12(16)10-21-15-9-13(19)6-7-14(15)17(20-21)24-2/h4-9H,10,19H2,1-3H3. The fourth-order valence-corrected chi connectivity index (χ4v) is 2.71. The van der Waals surface area contributed by atoms with Crippen molar-refractivity contribution in [1.29, 1.82) is 0 Å². The Bertz CT molecular complexity index is 933. The molecule has 2 N–H and O–H groups in total. The average molecular weight is 341 g/mol. The molecule has 0 atom stereocenters. The van der Waals surface area contributed by atoms with Crippen LogP contribution in [0.25, 0.3) is 10.9 Å². The highest BCUT2D eigenvalue weighted by Gasteiger charge is 2.15. The molecule has 0 spiro atoms. The van der Waals surface area contributed by atoms with Crippen LogP contribution in [0.15, 0.2) is 36.4 Å². The number of hydrogen-bond acceptors (Lipinski definition) is 6. The summed E-state index contributed by atoms with van der Waals surface area (Å²) in [6, 6.07) is 10.7. The monoisotopic (exact) mass is 341 g/mol. The molecule has 1 aromatic heterocycles. The van der Waals surface area contributed by atoms with E-state index < -0.39 is 5.97 Å². The molecule has 0 aliphatic carbocycles. The van der Waals surface area contributed by atoms with Gasteiger partial charge in [0, 0.05) is 11.3 Å². The van der Waals surface area contributed by atoms with Crippen LogP contribution in [0.1, 0.15) is 15.9 Å². The molecule has 25 heavy (non-hydrogen) atoms. The van der Waals surface area contributed by atoms with Crippen molar-refractivity contribution in [2.45, 2.75) is 6.54 Å². The van der Waals surface area contributed by atoms with E-state index in [4.69, 9.17) is 19.9 Å². The molecule has 1 heterocycles. The second-order valence-corrected chi connectivity index (χ2v) is 5.46. The lowest BCUT2D eigenvalue weighted by Crippen LogP contribution is -2.06. The topological polar surface area (TPSA) is 88.6 Å². The van der Waals surface area contributed by atoms with Crippen molar-refractivity contribution >= 4 is 22.6 Å². The summed E-state index contributed by atoms with van der Waals surface area (Å²) in [5.74, 6) is 0.693. The molecule has 0 fully saturated rings. The van der Waals surface area contributed by atoms with Crippen LogP contribution in [0, 0.1) is 0 Å². The quantitative estimate of drug-likeness (QED) is 0.566. The highest BCUT2D eigenvalue weighted by molar-refractivity contribution is 5.90. The molecule has 0 bridgehead atoms. The Kier molecular flexibility index (Phi) is 4.47. The van der Waals surface area contributed by atoms with Crippen molar-refractivity contribution in [3.63, 3.8) is 0 Å². The molecule has 7 heteroatoms. The number of benzene rings is 2. The number of ether oxygens (including phenoxy) is 3. The normalized spacial score (nSPS) is 10.7. The number of aromatic nitrogens is 2. The minimum Gasteiger partial charge on any atom is -0.496 e. The number of hydrogen-bond donors (Lipinski definition) is 1. The lowest BCUT2D eigenvalue weighted by Gasteiger charge is -2.11. The van der Waals surface area contributed by atoms with E-state index in [-0.39, 0.29) is 0 Å². The number of fused-ring (bicyclic) bond motifs is 1. The third-order valence-corrected chi connectivity index (χ3v) is 3.96. The van der Waals surface area contributed by atoms with Gasteiger partial charge in [-0.15, -0.1) is 5.10 Å². The van der Waals surface area contributed by atoms with Crippen LogP contribution in [0.2, 0.25) is 0 Å². The number of rotatable bonds is 5. The Morgan fingerprint density at radius 3 is 2.60 bits per heavy atom. The van der Waals surface area contributed by atoms with E-state index in [1.165, 1.54) is 7.11 Å². The highest BCUT2D eigenvalue weighted by Crippen LogP contribution is 2.29. The average Bonchev–Trinajstić information content (AvgIpc) is 2.98. The summed E-state index contributed by atoms with van der Waals surface area (Å²) in [4.78, 5) is 11.7. The van der Waals surface area contributed by atoms with Gasteiger partial charge >= 0.3 is 5.97 Å². The molecule has 0 aliphatic rings. The van der Waals surface area contributed by atoms with Gasteiger partial charge in [0.15, 0.2) is 0 Å². The predicted octanol–water partition coefficient (Wildman–Crippen LogP) is 2.47. The van der Waals surface area contributed by atoms with Gasteiger partial charge in [-0.25, -0.2) is 4.79 Å². The molecule has 0 saturated carbocycles. The molecule has 0 saturated heterocycles. The van der Waals surface area contributed by atoms with Gasteiger partial charge < -0.3 is 19.9 Å². The third-order valence-electron chi connectivity index (χ3n) is 3.96. The van der Waals surface area contributed by atoms with Gasteiger partial charge in [-0.1, -0.05) is 6.07 Å². The first-order chi connectivity index (χ1) is 12.1. The number of nitrogen functional groups attached to an aromatic ring is 1. The Morgan fingerprint density at radius 1 is 1.12 bits per heavy atom. The Hall–Kier alpha value is -3.22. The highest BCUT2D eigenvalue weighted by atomic mass is 16.5.